The minimum Gasteiger partial charge on any atom is -0.490 e. The lowest BCUT2D eigenvalue weighted by molar-refractivity contribution is 0.190. The molecule has 2 aromatic rings. The maximum atomic E-state index is 5.65. The molecular formula is C19H27ClN4O3. The van der Waals surface area contributed by atoms with Gasteiger partial charge in [0.05, 0.1) is 19.3 Å². The molecule has 1 aliphatic rings. The van der Waals surface area contributed by atoms with Crippen molar-refractivity contribution in [3.05, 3.63) is 35.5 Å². The molecule has 0 saturated carbocycles. The van der Waals surface area contributed by atoms with Crippen LogP contribution in [0.5, 0.6) is 11.5 Å². The highest BCUT2D eigenvalue weighted by molar-refractivity contribution is 5.85. The Morgan fingerprint density at radius 1 is 1.22 bits per heavy atom. The fraction of sp³-hybridized carbons (Fsp3) is 0.474. The summed E-state index contributed by atoms with van der Waals surface area (Å²) in [5.41, 5.74) is 0.980. The highest BCUT2D eigenvalue weighted by Gasteiger charge is 2.24. The Bertz CT molecular complexity index is 750. The molecule has 2 heterocycles. The Labute approximate surface area is 166 Å². The number of likely N-dealkylation sites (N-methyl/N-ethyl adjacent to an activating group) is 1. The molecule has 8 heteroatoms. The number of aromatic nitrogens is 2. The van der Waals surface area contributed by atoms with Crippen molar-refractivity contribution in [1.82, 2.24) is 20.4 Å². The molecule has 7 nitrogen and oxygen atoms in total. The third kappa shape index (κ3) is 5.45. The first kappa shape index (κ1) is 21.2. The van der Waals surface area contributed by atoms with E-state index in [2.05, 4.69) is 27.4 Å². The van der Waals surface area contributed by atoms with Gasteiger partial charge in [0, 0.05) is 25.7 Å². The van der Waals surface area contributed by atoms with E-state index in [0.29, 0.717) is 24.9 Å². The molecule has 1 saturated heterocycles. The Balaban J connectivity index is 0.00000261. The van der Waals surface area contributed by atoms with E-state index >= 15 is 0 Å². The summed E-state index contributed by atoms with van der Waals surface area (Å²) in [7, 11) is 2.08. The Morgan fingerprint density at radius 2 is 2.00 bits per heavy atom. The van der Waals surface area contributed by atoms with Gasteiger partial charge in [-0.3, -0.25) is 4.90 Å². The summed E-state index contributed by atoms with van der Waals surface area (Å²) in [4.78, 5) is 6.73. The normalized spacial score (nSPS) is 17.7. The molecule has 0 aliphatic carbocycles. The average Bonchev–Trinajstić information content (AvgIpc) is 3.11. The van der Waals surface area contributed by atoms with Gasteiger partial charge in [0.25, 0.3) is 5.89 Å². The van der Waals surface area contributed by atoms with E-state index in [4.69, 9.17) is 14.0 Å². The maximum Gasteiger partial charge on any atom is 0.250 e. The SMILES string of the molecule is CCOc1ccc(/C=C/c2nc(C3CNCCN3C)no2)cc1OCC.Cl. The van der Waals surface area contributed by atoms with Gasteiger partial charge in [-0.1, -0.05) is 11.2 Å². The van der Waals surface area contributed by atoms with Crippen LogP contribution in [-0.4, -0.2) is 54.9 Å². The third-order valence-electron chi connectivity index (χ3n) is 4.25. The molecule has 1 aromatic carbocycles. The summed E-state index contributed by atoms with van der Waals surface area (Å²) < 4.78 is 16.6. The fourth-order valence-corrected chi connectivity index (χ4v) is 2.88. The van der Waals surface area contributed by atoms with Crippen LogP contribution in [0.3, 0.4) is 0 Å². The third-order valence-corrected chi connectivity index (χ3v) is 4.25. The summed E-state index contributed by atoms with van der Waals surface area (Å²) in [5.74, 6) is 2.68. The molecule has 0 radical (unpaired) electrons. The summed E-state index contributed by atoms with van der Waals surface area (Å²) >= 11 is 0. The number of ether oxygens (including phenoxy) is 2. The van der Waals surface area contributed by atoms with Crippen molar-refractivity contribution < 1.29 is 14.0 Å². The largest absolute Gasteiger partial charge is 0.490 e. The molecule has 0 amide bonds. The van der Waals surface area contributed by atoms with Crippen LogP contribution >= 0.6 is 12.4 Å². The first-order chi connectivity index (χ1) is 12.7. The van der Waals surface area contributed by atoms with E-state index < -0.39 is 0 Å². The van der Waals surface area contributed by atoms with Crippen molar-refractivity contribution >= 4 is 24.6 Å². The van der Waals surface area contributed by atoms with Crippen molar-refractivity contribution in [1.29, 1.82) is 0 Å². The summed E-state index contributed by atoms with van der Waals surface area (Å²) in [6.45, 7) is 7.88. The number of piperazine rings is 1. The lowest BCUT2D eigenvalue weighted by atomic mass is 10.2. The molecule has 1 atom stereocenters. The van der Waals surface area contributed by atoms with Crippen LogP contribution in [0.25, 0.3) is 12.2 Å². The van der Waals surface area contributed by atoms with Gasteiger partial charge in [0.2, 0.25) is 0 Å². The smallest absolute Gasteiger partial charge is 0.250 e. The average molecular weight is 395 g/mol. The van der Waals surface area contributed by atoms with Crippen LogP contribution in [-0.2, 0) is 0 Å². The van der Waals surface area contributed by atoms with Gasteiger partial charge >= 0.3 is 0 Å². The number of nitrogens with zero attached hydrogens (tertiary/aromatic N) is 3. The summed E-state index contributed by atoms with van der Waals surface area (Å²) in [6, 6.07) is 5.97. The van der Waals surface area contributed by atoms with Crippen LogP contribution in [0, 0.1) is 0 Å². The number of halogens is 1. The van der Waals surface area contributed by atoms with Crippen LogP contribution < -0.4 is 14.8 Å². The molecule has 3 rings (SSSR count). The number of benzene rings is 1. The predicted molar refractivity (Wildman–Crippen MR) is 107 cm³/mol. The molecule has 1 N–H and O–H groups in total. The second-order valence-corrected chi connectivity index (χ2v) is 6.10. The van der Waals surface area contributed by atoms with Crippen molar-refractivity contribution in [3.63, 3.8) is 0 Å². The minimum atomic E-state index is 0. The number of rotatable bonds is 7. The predicted octanol–water partition coefficient (Wildman–Crippen LogP) is 3.04. The Morgan fingerprint density at radius 3 is 2.74 bits per heavy atom. The van der Waals surface area contributed by atoms with E-state index in [0.717, 1.165) is 36.7 Å². The van der Waals surface area contributed by atoms with Gasteiger partial charge < -0.3 is 19.3 Å². The second-order valence-electron chi connectivity index (χ2n) is 6.10. The zero-order valence-electron chi connectivity index (χ0n) is 16.0. The van der Waals surface area contributed by atoms with Gasteiger partial charge in [-0.15, -0.1) is 12.4 Å². The molecule has 27 heavy (non-hydrogen) atoms. The van der Waals surface area contributed by atoms with Gasteiger partial charge in [-0.2, -0.15) is 4.98 Å². The molecule has 1 fully saturated rings. The standard InChI is InChI=1S/C19H26N4O3.ClH/c1-4-24-16-8-6-14(12-17(16)25-5-2)7-9-18-21-19(22-26-18)15-13-20-10-11-23(15)3;/h6-9,12,15,20H,4-5,10-11,13H2,1-3H3;1H/b9-7+;. The van der Waals surface area contributed by atoms with Crippen molar-refractivity contribution in [3.8, 4) is 11.5 Å². The molecular weight excluding hydrogens is 368 g/mol. The highest BCUT2D eigenvalue weighted by atomic mass is 35.5. The topological polar surface area (TPSA) is 72.7 Å². The lowest BCUT2D eigenvalue weighted by Gasteiger charge is -2.30. The number of hydrogen-bond donors (Lipinski definition) is 1. The Hall–Kier alpha value is -2.09. The molecule has 1 aliphatic heterocycles. The van der Waals surface area contributed by atoms with E-state index in [-0.39, 0.29) is 18.4 Å². The zero-order valence-corrected chi connectivity index (χ0v) is 16.8. The highest BCUT2D eigenvalue weighted by Crippen LogP contribution is 2.29. The van der Waals surface area contributed by atoms with Crippen LogP contribution in [0.1, 0.15) is 37.2 Å². The summed E-state index contributed by atoms with van der Waals surface area (Å²) in [5, 5.41) is 7.48. The quantitative estimate of drug-likeness (QED) is 0.773. The minimum absolute atomic E-state index is 0. The lowest BCUT2D eigenvalue weighted by Crippen LogP contribution is -2.44. The van der Waals surface area contributed by atoms with E-state index in [9.17, 15) is 0 Å². The molecule has 1 unspecified atom stereocenters. The molecule has 0 bridgehead atoms. The van der Waals surface area contributed by atoms with Crippen LogP contribution in [0.2, 0.25) is 0 Å². The van der Waals surface area contributed by atoms with Gasteiger partial charge in [-0.25, -0.2) is 0 Å². The van der Waals surface area contributed by atoms with E-state index in [1.165, 1.54) is 0 Å². The van der Waals surface area contributed by atoms with Crippen LogP contribution in [0.4, 0.5) is 0 Å². The Kier molecular flexibility index (Phi) is 8.09. The number of nitrogens with one attached hydrogen (secondary N) is 1. The zero-order chi connectivity index (χ0) is 18.4. The first-order valence-corrected chi connectivity index (χ1v) is 9.03. The van der Waals surface area contributed by atoms with Gasteiger partial charge in [0.15, 0.2) is 17.3 Å². The van der Waals surface area contributed by atoms with Crippen LogP contribution in [0.15, 0.2) is 22.7 Å². The van der Waals surface area contributed by atoms with Crippen molar-refractivity contribution in [2.75, 3.05) is 39.9 Å². The maximum absolute atomic E-state index is 5.65. The molecule has 148 valence electrons. The van der Waals surface area contributed by atoms with Gasteiger partial charge in [0.1, 0.15) is 0 Å². The monoisotopic (exact) mass is 394 g/mol. The van der Waals surface area contributed by atoms with E-state index in [1.807, 2.05) is 44.2 Å². The number of hydrogen-bond acceptors (Lipinski definition) is 7. The fourth-order valence-electron chi connectivity index (χ4n) is 2.88. The second kappa shape index (κ2) is 10.3. The van der Waals surface area contributed by atoms with Crippen molar-refractivity contribution in [2.24, 2.45) is 0 Å². The molecule has 1 aromatic heterocycles. The van der Waals surface area contributed by atoms with Gasteiger partial charge in [-0.05, 0) is 44.7 Å². The first-order valence-electron chi connectivity index (χ1n) is 9.03. The summed E-state index contributed by atoms with van der Waals surface area (Å²) in [6.07, 6.45) is 3.75. The van der Waals surface area contributed by atoms with E-state index in [1.54, 1.807) is 0 Å². The van der Waals surface area contributed by atoms with Crippen molar-refractivity contribution in [2.45, 2.75) is 19.9 Å². The molecule has 0 spiro atoms.